The number of anilines is 2. The number of aromatic nitrogens is 2. The fraction of sp³-hybridized carbons (Fsp3) is 0.476. The molecule has 0 bridgehead atoms. The molecule has 1 heterocycles. The number of carbonyl (C=O) groups excluding carboxylic acids is 1. The second-order valence-corrected chi connectivity index (χ2v) is 6.81. The Hall–Kier alpha value is -3.07. The third-order valence-electron chi connectivity index (χ3n) is 4.60. The number of H-pyrrole nitrogens is 1. The first-order valence-electron chi connectivity index (χ1n) is 10.0. The van der Waals surface area contributed by atoms with Gasteiger partial charge in [0.05, 0.1) is 13.2 Å². The van der Waals surface area contributed by atoms with Gasteiger partial charge in [0, 0.05) is 33.2 Å². The Kier molecular flexibility index (Phi) is 9.14. The molecule has 0 aliphatic heterocycles. The van der Waals surface area contributed by atoms with Gasteiger partial charge in [-0.15, -0.1) is 0 Å². The van der Waals surface area contributed by atoms with Crippen LogP contribution in [0.25, 0.3) is 0 Å². The smallest absolute Gasteiger partial charge is 0.330 e. The number of hydrogen-bond donors (Lipinski definition) is 2. The predicted molar refractivity (Wildman–Crippen MR) is 116 cm³/mol. The van der Waals surface area contributed by atoms with Crippen LogP contribution in [0.1, 0.15) is 31.7 Å². The minimum Gasteiger partial charge on any atom is -0.466 e. The van der Waals surface area contributed by atoms with Crippen molar-refractivity contribution in [2.45, 2.75) is 32.7 Å². The maximum absolute atomic E-state index is 12.6. The average Bonchev–Trinajstić information content (AvgIpc) is 2.72. The van der Waals surface area contributed by atoms with Gasteiger partial charge in [-0.25, -0.2) is 4.79 Å². The highest BCUT2D eigenvalue weighted by molar-refractivity contribution is 5.69. The van der Waals surface area contributed by atoms with E-state index in [1.54, 1.807) is 18.9 Å². The minimum atomic E-state index is -0.562. The van der Waals surface area contributed by atoms with Gasteiger partial charge in [-0.1, -0.05) is 30.3 Å². The molecule has 1 aromatic carbocycles. The first-order valence-corrected chi connectivity index (χ1v) is 10.0. The van der Waals surface area contributed by atoms with Crippen LogP contribution in [-0.4, -0.2) is 48.9 Å². The van der Waals surface area contributed by atoms with Gasteiger partial charge in [-0.3, -0.25) is 19.1 Å². The summed E-state index contributed by atoms with van der Waals surface area (Å²) in [5.41, 5.74) is 6.30. The van der Waals surface area contributed by atoms with Crippen molar-refractivity contribution < 1.29 is 14.3 Å². The highest BCUT2D eigenvalue weighted by Crippen LogP contribution is 2.19. The molecule has 0 unspecified atom stereocenters. The lowest BCUT2D eigenvalue weighted by Gasteiger charge is -2.26. The summed E-state index contributed by atoms with van der Waals surface area (Å²) in [5.74, 6) is -0.188. The molecule has 0 fully saturated rings. The van der Waals surface area contributed by atoms with E-state index in [9.17, 15) is 14.4 Å². The molecule has 0 aliphatic carbocycles. The van der Waals surface area contributed by atoms with Gasteiger partial charge >= 0.3 is 11.7 Å². The topological polar surface area (TPSA) is 120 Å². The molecule has 1 aromatic heterocycles. The Balaban J connectivity index is 2.30. The average molecular weight is 418 g/mol. The highest BCUT2D eigenvalue weighted by Gasteiger charge is 2.19. The molecule has 0 saturated heterocycles. The molecule has 0 atom stereocenters. The zero-order valence-corrected chi connectivity index (χ0v) is 17.6. The van der Waals surface area contributed by atoms with E-state index < -0.39 is 11.2 Å². The number of nitrogens with two attached hydrogens (primary N) is 1. The van der Waals surface area contributed by atoms with Gasteiger partial charge in [0.25, 0.3) is 5.56 Å². The van der Waals surface area contributed by atoms with Crippen molar-refractivity contribution in [3.63, 3.8) is 0 Å². The van der Waals surface area contributed by atoms with E-state index in [2.05, 4.69) is 4.98 Å². The van der Waals surface area contributed by atoms with Crippen LogP contribution in [0.3, 0.4) is 0 Å². The number of ether oxygens (including phenoxy) is 2. The summed E-state index contributed by atoms with van der Waals surface area (Å²) in [6, 6.07) is 9.39. The maximum atomic E-state index is 12.6. The van der Waals surface area contributed by atoms with Crippen LogP contribution in [0.15, 0.2) is 39.9 Å². The first kappa shape index (κ1) is 23.2. The van der Waals surface area contributed by atoms with Gasteiger partial charge in [-0.2, -0.15) is 0 Å². The second kappa shape index (κ2) is 11.8. The molecule has 0 amide bonds. The van der Waals surface area contributed by atoms with Crippen molar-refractivity contribution in [2.24, 2.45) is 0 Å². The Morgan fingerprint density at radius 3 is 2.53 bits per heavy atom. The molecule has 2 aromatic rings. The van der Waals surface area contributed by atoms with Crippen LogP contribution >= 0.6 is 0 Å². The SMILES string of the molecule is CCOC(=O)CCCN(CCCOC)c1c(N)n(Cc2ccccc2)c(=O)[nH]c1=O. The number of nitrogens with one attached hydrogen (secondary N) is 1. The summed E-state index contributed by atoms with van der Waals surface area (Å²) >= 11 is 0. The lowest BCUT2D eigenvalue weighted by atomic mass is 10.2. The predicted octanol–water partition coefficient (Wildman–Crippen LogP) is 1.35. The molecule has 30 heavy (non-hydrogen) atoms. The van der Waals surface area contributed by atoms with Crippen LogP contribution in [0.5, 0.6) is 0 Å². The Morgan fingerprint density at radius 1 is 1.17 bits per heavy atom. The minimum absolute atomic E-state index is 0.0983. The van der Waals surface area contributed by atoms with Crippen LogP contribution in [0, 0.1) is 0 Å². The van der Waals surface area contributed by atoms with E-state index in [-0.39, 0.29) is 30.4 Å². The van der Waals surface area contributed by atoms with Crippen LogP contribution in [-0.2, 0) is 20.8 Å². The monoisotopic (exact) mass is 418 g/mol. The molecule has 164 valence electrons. The molecular weight excluding hydrogens is 388 g/mol. The Bertz CT molecular complexity index is 923. The summed E-state index contributed by atoms with van der Waals surface area (Å²) in [6.45, 7) is 3.74. The van der Waals surface area contributed by atoms with E-state index >= 15 is 0 Å². The third kappa shape index (κ3) is 6.48. The molecule has 0 aliphatic rings. The van der Waals surface area contributed by atoms with Gasteiger partial charge in [0.2, 0.25) is 0 Å². The number of hydrogen-bond acceptors (Lipinski definition) is 7. The van der Waals surface area contributed by atoms with Gasteiger partial charge in [-0.05, 0) is 25.3 Å². The Morgan fingerprint density at radius 2 is 1.87 bits per heavy atom. The van der Waals surface area contributed by atoms with E-state index in [1.165, 1.54) is 4.57 Å². The molecule has 9 heteroatoms. The fourth-order valence-corrected chi connectivity index (χ4v) is 3.19. The molecule has 2 rings (SSSR count). The molecule has 0 radical (unpaired) electrons. The summed E-state index contributed by atoms with van der Waals surface area (Å²) in [4.78, 5) is 40.9. The quantitative estimate of drug-likeness (QED) is 0.394. The van der Waals surface area contributed by atoms with E-state index in [0.29, 0.717) is 39.1 Å². The largest absolute Gasteiger partial charge is 0.466 e. The summed E-state index contributed by atoms with van der Waals surface area (Å²) in [6.07, 6.45) is 1.38. The lowest BCUT2D eigenvalue weighted by molar-refractivity contribution is -0.143. The number of nitrogens with zero attached hydrogens (tertiary/aromatic N) is 2. The second-order valence-electron chi connectivity index (χ2n) is 6.81. The summed E-state index contributed by atoms with van der Waals surface area (Å²) < 4.78 is 11.4. The molecular formula is C21H30N4O5. The van der Waals surface area contributed by atoms with E-state index in [0.717, 1.165) is 5.56 Å². The number of methoxy groups -OCH3 is 1. The van der Waals surface area contributed by atoms with E-state index in [1.807, 2.05) is 30.3 Å². The van der Waals surface area contributed by atoms with Crippen molar-refractivity contribution in [1.29, 1.82) is 0 Å². The molecule has 0 spiro atoms. The molecule has 9 nitrogen and oxygen atoms in total. The van der Waals surface area contributed by atoms with Crippen molar-refractivity contribution in [3.05, 3.63) is 56.7 Å². The number of rotatable bonds is 12. The van der Waals surface area contributed by atoms with Gasteiger partial charge in [0.15, 0.2) is 0 Å². The van der Waals surface area contributed by atoms with Crippen molar-refractivity contribution in [1.82, 2.24) is 9.55 Å². The fourth-order valence-electron chi connectivity index (χ4n) is 3.19. The lowest BCUT2D eigenvalue weighted by Crippen LogP contribution is -2.39. The van der Waals surface area contributed by atoms with Crippen LogP contribution in [0.2, 0.25) is 0 Å². The number of aromatic amines is 1. The standard InChI is InChI=1S/C21H30N4O5/c1-3-30-17(26)11-7-12-24(13-8-14-29-2)18-19(22)25(21(28)23-20(18)27)15-16-9-5-4-6-10-16/h4-6,9-10H,3,7-8,11-15,22H2,1-2H3,(H,23,27,28). The van der Waals surface area contributed by atoms with Gasteiger partial charge in [0.1, 0.15) is 11.5 Å². The van der Waals surface area contributed by atoms with Gasteiger partial charge < -0.3 is 20.1 Å². The van der Waals surface area contributed by atoms with E-state index in [4.69, 9.17) is 15.2 Å². The maximum Gasteiger partial charge on any atom is 0.330 e. The first-order chi connectivity index (χ1) is 14.5. The number of carbonyl (C=O) groups is 1. The highest BCUT2D eigenvalue weighted by atomic mass is 16.5. The van der Waals surface area contributed by atoms with Crippen molar-refractivity contribution in [3.8, 4) is 0 Å². The molecule has 0 saturated carbocycles. The van der Waals surface area contributed by atoms with Crippen LogP contribution in [0.4, 0.5) is 11.5 Å². The Labute approximate surface area is 175 Å². The summed E-state index contributed by atoms with van der Waals surface area (Å²) in [7, 11) is 1.60. The zero-order chi connectivity index (χ0) is 21.9. The third-order valence-corrected chi connectivity index (χ3v) is 4.60. The van der Waals surface area contributed by atoms with Crippen LogP contribution < -0.4 is 21.9 Å². The summed E-state index contributed by atoms with van der Waals surface area (Å²) in [5, 5.41) is 0. The van der Waals surface area contributed by atoms with Crippen molar-refractivity contribution >= 4 is 17.5 Å². The number of benzene rings is 1. The molecule has 3 N–H and O–H groups in total. The van der Waals surface area contributed by atoms with Crippen molar-refractivity contribution in [2.75, 3.05) is 44.0 Å². The zero-order valence-electron chi connectivity index (χ0n) is 17.6. The number of nitrogen functional groups attached to an aromatic ring is 1. The normalized spacial score (nSPS) is 10.7. The number of esters is 1.